The molecule has 2 N–H and O–H groups in total. The molecule has 0 spiro atoms. The molecule has 9 nitrogen and oxygen atoms in total. The second-order valence-corrected chi connectivity index (χ2v) is 13.3. The number of nitrogens with zero attached hydrogens (tertiary/aromatic N) is 3. The molecule has 0 saturated carbocycles. The highest BCUT2D eigenvalue weighted by atomic mass is 19.1. The summed E-state index contributed by atoms with van der Waals surface area (Å²) in [7, 11) is 1.68. The number of methoxy groups -OCH3 is 1. The second-order valence-electron chi connectivity index (χ2n) is 13.3. The van der Waals surface area contributed by atoms with Gasteiger partial charge in [0.15, 0.2) is 0 Å². The number of benzene rings is 3. The zero-order valence-electron chi connectivity index (χ0n) is 33.9. The standard InChI is InChI=1S/C38H46FN3O5.C2H3N.2C2H6/c1-5-41-36(31-11-7-6-10-27(31)14-17-46-4)33(23-38(2,3)24-47-25-43)32-21-29(22-34(39)37(32)41)28-18-26(19-30(44)20-28)12-13-35(45)42-16-9-8-15-40-42;1-2-3;2*1-2/h6-7,10-11,18-22,25,40,44H,5,8-9,12-17,23-24H2,1-4H3;1H3;2*1-2H3. The maximum absolute atomic E-state index is 16.5. The Morgan fingerprint density at radius 2 is 1.74 bits per heavy atom. The Morgan fingerprint density at radius 3 is 2.37 bits per heavy atom. The van der Waals surface area contributed by atoms with Crippen LogP contribution in [-0.2, 0) is 44.9 Å². The summed E-state index contributed by atoms with van der Waals surface area (Å²) in [5, 5.41) is 20.5. The first kappa shape index (κ1) is 45.4. The SMILES string of the molecule is CC.CC.CC#N.CCn1c(-c2ccccc2CCOC)c(CC(C)(C)COC=O)c2cc(-c3cc(O)cc(CCC(=O)N4CCCCN4)c3)cc(F)c21. The maximum atomic E-state index is 16.5. The van der Waals surface area contributed by atoms with Crippen LogP contribution in [0.2, 0.25) is 0 Å². The first-order chi connectivity index (χ1) is 26.1. The summed E-state index contributed by atoms with van der Waals surface area (Å²) in [5.74, 6) is -0.278. The number of ether oxygens (including phenoxy) is 2. The summed E-state index contributed by atoms with van der Waals surface area (Å²) in [6.07, 6.45) is 4.01. The van der Waals surface area contributed by atoms with Gasteiger partial charge in [0.1, 0.15) is 11.6 Å². The summed E-state index contributed by atoms with van der Waals surface area (Å²) in [4.78, 5) is 23.9. The number of aromatic nitrogens is 1. The lowest BCUT2D eigenvalue weighted by Gasteiger charge is -2.27. The summed E-state index contributed by atoms with van der Waals surface area (Å²) in [5.41, 5.74) is 9.34. The number of nitriles is 1. The molecule has 5 rings (SSSR count). The summed E-state index contributed by atoms with van der Waals surface area (Å²) in [6.45, 7) is 18.8. The molecule has 1 fully saturated rings. The minimum Gasteiger partial charge on any atom is -0.508 e. The van der Waals surface area contributed by atoms with Crippen LogP contribution in [0.3, 0.4) is 0 Å². The molecular formula is C44H61FN4O5. The van der Waals surface area contributed by atoms with E-state index in [-0.39, 0.29) is 24.1 Å². The third-order valence-corrected chi connectivity index (χ3v) is 8.93. The van der Waals surface area contributed by atoms with Crippen LogP contribution in [0.5, 0.6) is 5.75 Å². The van der Waals surface area contributed by atoms with Gasteiger partial charge in [-0.05, 0) is 91.1 Å². The van der Waals surface area contributed by atoms with Gasteiger partial charge < -0.3 is 19.1 Å². The number of rotatable bonds is 14. The number of fused-ring (bicyclic) bond motifs is 1. The van der Waals surface area contributed by atoms with Crippen molar-refractivity contribution in [1.82, 2.24) is 15.0 Å². The minimum absolute atomic E-state index is 0.0205. The van der Waals surface area contributed by atoms with Gasteiger partial charge in [0.25, 0.3) is 6.47 Å². The van der Waals surface area contributed by atoms with E-state index in [1.807, 2.05) is 77.3 Å². The normalized spacial score (nSPS) is 12.3. The molecule has 1 aliphatic heterocycles. The summed E-state index contributed by atoms with van der Waals surface area (Å²) < 4.78 is 29.1. The van der Waals surface area contributed by atoms with E-state index in [0.29, 0.717) is 68.5 Å². The van der Waals surface area contributed by atoms with Crippen molar-refractivity contribution in [2.24, 2.45) is 5.41 Å². The van der Waals surface area contributed by atoms with Crippen molar-refractivity contribution in [3.05, 3.63) is 77.1 Å². The van der Waals surface area contributed by atoms with Crippen LogP contribution in [0.15, 0.2) is 54.6 Å². The van der Waals surface area contributed by atoms with E-state index in [4.69, 9.17) is 14.7 Å². The first-order valence-corrected chi connectivity index (χ1v) is 19.2. The van der Waals surface area contributed by atoms with E-state index in [0.717, 1.165) is 52.7 Å². The molecule has 10 heteroatoms. The van der Waals surface area contributed by atoms with Crippen LogP contribution >= 0.6 is 0 Å². The van der Waals surface area contributed by atoms with Crippen molar-refractivity contribution in [1.29, 1.82) is 5.26 Å². The number of carbonyl (C=O) groups is 2. The van der Waals surface area contributed by atoms with Gasteiger partial charge in [-0.3, -0.25) is 14.6 Å². The maximum Gasteiger partial charge on any atom is 0.293 e. The van der Waals surface area contributed by atoms with Gasteiger partial charge in [-0.1, -0.05) is 71.9 Å². The fourth-order valence-corrected chi connectivity index (χ4v) is 6.72. The van der Waals surface area contributed by atoms with Gasteiger partial charge >= 0.3 is 0 Å². The van der Waals surface area contributed by atoms with Gasteiger partial charge in [0.05, 0.1) is 30.5 Å². The Balaban J connectivity index is 0.00000135. The second kappa shape index (κ2) is 23.1. The highest BCUT2D eigenvalue weighted by molar-refractivity contribution is 5.96. The van der Waals surface area contributed by atoms with E-state index in [1.165, 1.54) is 13.0 Å². The number of amides is 1. The molecule has 4 aromatic rings. The molecule has 2 heterocycles. The van der Waals surface area contributed by atoms with Crippen molar-refractivity contribution in [2.75, 3.05) is 33.4 Å². The molecule has 0 atom stereocenters. The van der Waals surface area contributed by atoms with Crippen molar-refractivity contribution < 1.29 is 28.6 Å². The molecule has 3 aromatic carbocycles. The zero-order valence-corrected chi connectivity index (χ0v) is 33.9. The Kier molecular flexibility index (Phi) is 19.5. The molecule has 1 aliphatic rings. The molecule has 0 bridgehead atoms. The largest absolute Gasteiger partial charge is 0.508 e. The van der Waals surface area contributed by atoms with Gasteiger partial charge in [-0.2, -0.15) is 5.26 Å². The predicted octanol–water partition coefficient (Wildman–Crippen LogP) is 9.41. The topological polar surface area (TPSA) is 117 Å². The first-order valence-electron chi connectivity index (χ1n) is 19.2. The van der Waals surface area contributed by atoms with Crippen molar-refractivity contribution in [2.45, 2.75) is 100 Å². The Morgan fingerprint density at radius 1 is 1.06 bits per heavy atom. The van der Waals surface area contributed by atoms with Crippen LogP contribution in [0.25, 0.3) is 33.3 Å². The monoisotopic (exact) mass is 744 g/mol. The quantitative estimate of drug-likeness (QED) is 0.124. The van der Waals surface area contributed by atoms with Gasteiger partial charge in [-0.25, -0.2) is 9.82 Å². The van der Waals surface area contributed by atoms with Crippen LogP contribution < -0.4 is 5.43 Å². The Hall–Kier alpha value is -4.72. The third kappa shape index (κ3) is 12.2. The third-order valence-electron chi connectivity index (χ3n) is 8.93. The number of nitrogens with one attached hydrogen (secondary N) is 1. The van der Waals surface area contributed by atoms with Gasteiger partial charge in [-0.15, -0.1) is 0 Å². The molecule has 0 radical (unpaired) electrons. The number of aryl methyl sites for hydroxylation is 2. The lowest BCUT2D eigenvalue weighted by Crippen LogP contribution is -2.47. The molecule has 1 aromatic heterocycles. The number of hydrogen-bond donors (Lipinski definition) is 2. The molecular weight excluding hydrogens is 684 g/mol. The minimum atomic E-state index is -0.440. The number of hydrazine groups is 1. The number of phenols is 1. The number of aromatic hydroxyl groups is 1. The van der Waals surface area contributed by atoms with Crippen LogP contribution in [0.1, 0.15) is 91.3 Å². The average molecular weight is 745 g/mol. The van der Waals surface area contributed by atoms with Crippen LogP contribution in [0, 0.1) is 22.6 Å². The number of halogens is 1. The van der Waals surface area contributed by atoms with E-state index >= 15 is 4.39 Å². The molecule has 54 heavy (non-hydrogen) atoms. The number of phenolic OH excluding ortho intramolecular Hbond substituents is 1. The summed E-state index contributed by atoms with van der Waals surface area (Å²) in [6, 6.07) is 18.7. The fourth-order valence-electron chi connectivity index (χ4n) is 6.72. The van der Waals surface area contributed by atoms with Crippen LogP contribution in [-0.4, -0.2) is 60.5 Å². The van der Waals surface area contributed by atoms with E-state index < -0.39 is 5.41 Å². The average Bonchev–Trinajstić information content (AvgIpc) is 3.49. The lowest BCUT2D eigenvalue weighted by molar-refractivity contribution is -0.135. The van der Waals surface area contributed by atoms with E-state index in [2.05, 4.69) is 17.6 Å². The molecule has 0 unspecified atom stereocenters. The highest BCUT2D eigenvalue weighted by Crippen LogP contribution is 2.42. The van der Waals surface area contributed by atoms with Crippen molar-refractivity contribution >= 4 is 23.3 Å². The Labute approximate surface area is 322 Å². The lowest BCUT2D eigenvalue weighted by atomic mass is 9.83. The predicted molar refractivity (Wildman–Crippen MR) is 216 cm³/mol. The van der Waals surface area contributed by atoms with E-state index in [9.17, 15) is 14.7 Å². The molecule has 1 saturated heterocycles. The number of carbonyl (C=O) groups excluding carboxylic acids is 2. The molecule has 1 amide bonds. The van der Waals surface area contributed by atoms with Crippen LogP contribution in [0.4, 0.5) is 4.39 Å². The van der Waals surface area contributed by atoms with Crippen molar-refractivity contribution in [3.8, 4) is 34.2 Å². The zero-order chi connectivity index (χ0) is 40.3. The number of hydrogen-bond acceptors (Lipinski definition) is 7. The molecule has 0 aliphatic carbocycles. The van der Waals surface area contributed by atoms with Gasteiger partial charge in [0, 0.05) is 56.5 Å². The smallest absolute Gasteiger partial charge is 0.293 e. The van der Waals surface area contributed by atoms with Gasteiger partial charge in [0.2, 0.25) is 5.91 Å². The highest BCUT2D eigenvalue weighted by Gasteiger charge is 2.29. The van der Waals surface area contributed by atoms with Crippen molar-refractivity contribution in [3.63, 3.8) is 0 Å². The molecule has 294 valence electrons. The Bertz CT molecular complexity index is 1820. The van der Waals surface area contributed by atoms with E-state index in [1.54, 1.807) is 30.3 Å². The fraction of sp³-hybridized carbons (Fsp3) is 0.477. The summed E-state index contributed by atoms with van der Waals surface area (Å²) >= 11 is 0.